The van der Waals surface area contributed by atoms with Gasteiger partial charge < -0.3 is 0 Å². The van der Waals surface area contributed by atoms with Crippen LogP contribution in [0.4, 0.5) is 11.4 Å². The second-order valence-electron chi connectivity index (χ2n) is 6.20. The van der Waals surface area contributed by atoms with Gasteiger partial charge in [-0.1, -0.05) is 82.1 Å². The van der Waals surface area contributed by atoms with Crippen molar-refractivity contribution in [2.75, 3.05) is 0 Å². The SMILES string of the molecule is [N-]=[N+]=Nc1ccc(C=C2CCCC(=Cc3ccc(N=[N+]=[N-])cc3)C2)cc1. The van der Waals surface area contributed by atoms with E-state index in [1.54, 1.807) is 0 Å². The Hall–Kier alpha value is -3.46. The molecule has 0 amide bonds. The van der Waals surface area contributed by atoms with Crippen molar-refractivity contribution in [2.24, 2.45) is 10.2 Å². The number of hydrogen-bond donors (Lipinski definition) is 0. The first-order valence-electron chi connectivity index (χ1n) is 8.46. The second-order valence-corrected chi connectivity index (χ2v) is 6.20. The zero-order valence-electron chi connectivity index (χ0n) is 14.3. The van der Waals surface area contributed by atoms with E-state index < -0.39 is 0 Å². The molecule has 0 aliphatic heterocycles. The van der Waals surface area contributed by atoms with Crippen LogP contribution in [0.2, 0.25) is 0 Å². The molecule has 2 aromatic carbocycles. The Morgan fingerprint density at radius 2 is 1.12 bits per heavy atom. The van der Waals surface area contributed by atoms with Crippen LogP contribution < -0.4 is 0 Å². The molecule has 1 aliphatic carbocycles. The number of nitrogens with zero attached hydrogens (tertiary/aromatic N) is 6. The van der Waals surface area contributed by atoms with Crippen LogP contribution in [0.5, 0.6) is 0 Å². The number of allylic oxidation sites excluding steroid dienone is 2. The molecule has 0 radical (unpaired) electrons. The smallest absolute Gasteiger partial charge is 0.0375 e. The normalized spacial score (nSPS) is 16.8. The van der Waals surface area contributed by atoms with Gasteiger partial charge in [-0.15, -0.1) is 0 Å². The molecule has 26 heavy (non-hydrogen) atoms. The first-order valence-corrected chi connectivity index (χ1v) is 8.46. The summed E-state index contributed by atoms with van der Waals surface area (Å²) in [6.07, 6.45) is 8.76. The predicted octanol–water partition coefficient (Wildman–Crippen LogP) is 7.61. The minimum Gasteiger partial charge on any atom is -0.0655 e. The van der Waals surface area contributed by atoms with Crippen LogP contribution in [0, 0.1) is 0 Å². The van der Waals surface area contributed by atoms with E-state index in [0.717, 1.165) is 36.8 Å². The first-order chi connectivity index (χ1) is 12.8. The zero-order chi connectivity index (χ0) is 18.2. The quantitative estimate of drug-likeness (QED) is 0.310. The highest BCUT2D eigenvalue weighted by Gasteiger charge is 2.10. The molecule has 1 saturated carbocycles. The highest BCUT2D eigenvalue weighted by molar-refractivity contribution is 5.60. The minimum absolute atomic E-state index is 0.628. The summed E-state index contributed by atoms with van der Waals surface area (Å²) in [5, 5.41) is 7.19. The van der Waals surface area contributed by atoms with Crippen molar-refractivity contribution in [1.29, 1.82) is 0 Å². The van der Waals surface area contributed by atoms with Gasteiger partial charge in [0.25, 0.3) is 0 Å². The molecular formula is C20H18N6. The fourth-order valence-corrected chi connectivity index (χ4v) is 3.11. The lowest BCUT2D eigenvalue weighted by Crippen LogP contribution is -1.97. The summed E-state index contributed by atoms with van der Waals surface area (Å²) in [6, 6.07) is 15.2. The Morgan fingerprint density at radius 1 is 0.692 bits per heavy atom. The summed E-state index contributed by atoms with van der Waals surface area (Å²) >= 11 is 0. The third-order valence-electron chi connectivity index (χ3n) is 4.30. The van der Waals surface area contributed by atoms with E-state index in [4.69, 9.17) is 11.1 Å². The molecule has 1 aliphatic rings. The first kappa shape index (κ1) is 17.4. The highest BCUT2D eigenvalue weighted by atomic mass is 15.1. The molecule has 2 aromatic rings. The van der Waals surface area contributed by atoms with Crippen molar-refractivity contribution in [3.63, 3.8) is 0 Å². The lowest BCUT2D eigenvalue weighted by Gasteiger charge is -2.18. The van der Waals surface area contributed by atoms with E-state index in [0.29, 0.717) is 11.4 Å². The lowest BCUT2D eigenvalue weighted by atomic mass is 9.88. The Bertz CT molecular complexity index is 848. The third kappa shape index (κ3) is 4.77. The van der Waals surface area contributed by atoms with Crippen molar-refractivity contribution in [3.8, 4) is 0 Å². The summed E-state index contributed by atoms with van der Waals surface area (Å²) in [4.78, 5) is 5.59. The fraction of sp³-hybridized carbons (Fsp3) is 0.200. The molecule has 0 spiro atoms. The molecule has 6 nitrogen and oxygen atoms in total. The Kier molecular flexibility index (Phi) is 5.73. The molecule has 6 heteroatoms. The molecular weight excluding hydrogens is 324 g/mol. The number of benzene rings is 2. The van der Waals surface area contributed by atoms with Crippen LogP contribution in [-0.2, 0) is 0 Å². The molecule has 3 rings (SSSR count). The van der Waals surface area contributed by atoms with Gasteiger partial charge in [0.15, 0.2) is 0 Å². The summed E-state index contributed by atoms with van der Waals surface area (Å²) in [5.41, 5.74) is 23.2. The molecule has 1 fully saturated rings. The average molecular weight is 342 g/mol. The lowest BCUT2D eigenvalue weighted by molar-refractivity contribution is 0.721. The monoisotopic (exact) mass is 342 g/mol. The molecule has 0 aromatic heterocycles. The molecule has 128 valence electrons. The maximum atomic E-state index is 8.46. The van der Waals surface area contributed by atoms with Gasteiger partial charge >= 0.3 is 0 Å². The largest absolute Gasteiger partial charge is 0.0655 e. The van der Waals surface area contributed by atoms with Crippen molar-refractivity contribution < 1.29 is 0 Å². The zero-order valence-corrected chi connectivity index (χ0v) is 14.3. The molecule has 0 N–H and O–H groups in total. The van der Waals surface area contributed by atoms with E-state index in [1.165, 1.54) is 11.1 Å². The van der Waals surface area contributed by atoms with Gasteiger partial charge in [-0.2, -0.15) is 0 Å². The molecule has 0 unspecified atom stereocenters. The van der Waals surface area contributed by atoms with Crippen molar-refractivity contribution in [2.45, 2.75) is 25.7 Å². The highest BCUT2D eigenvalue weighted by Crippen LogP contribution is 2.31. The van der Waals surface area contributed by atoms with E-state index in [2.05, 4.69) is 32.2 Å². The number of hydrogen-bond acceptors (Lipinski definition) is 2. The van der Waals surface area contributed by atoms with Crippen molar-refractivity contribution >= 4 is 23.5 Å². The van der Waals surface area contributed by atoms with Crippen LogP contribution in [0.15, 0.2) is 69.9 Å². The van der Waals surface area contributed by atoms with Crippen LogP contribution in [-0.4, -0.2) is 0 Å². The van der Waals surface area contributed by atoms with E-state index in [-0.39, 0.29) is 0 Å². The Morgan fingerprint density at radius 3 is 1.50 bits per heavy atom. The molecule has 0 saturated heterocycles. The van der Waals surface area contributed by atoms with Gasteiger partial charge in [0.1, 0.15) is 0 Å². The van der Waals surface area contributed by atoms with Crippen LogP contribution >= 0.6 is 0 Å². The second kappa shape index (κ2) is 8.58. The van der Waals surface area contributed by atoms with Crippen molar-refractivity contribution in [1.82, 2.24) is 0 Å². The van der Waals surface area contributed by atoms with E-state index in [9.17, 15) is 0 Å². The topological polar surface area (TPSA) is 97.5 Å². The fourth-order valence-electron chi connectivity index (χ4n) is 3.11. The van der Waals surface area contributed by atoms with Crippen molar-refractivity contribution in [3.05, 3.63) is 91.7 Å². The van der Waals surface area contributed by atoms with E-state index in [1.807, 2.05) is 48.5 Å². The molecule has 0 bridgehead atoms. The van der Waals surface area contributed by atoms with E-state index >= 15 is 0 Å². The van der Waals surface area contributed by atoms with Crippen LogP contribution in [0.25, 0.3) is 33.0 Å². The number of rotatable bonds is 4. The third-order valence-corrected chi connectivity index (χ3v) is 4.30. The maximum absolute atomic E-state index is 8.46. The summed E-state index contributed by atoms with van der Waals surface area (Å²) in [5.74, 6) is 0. The molecule has 0 heterocycles. The van der Waals surface area contributed by atoms with Gasteiger partial charge in [-0.05, 0) is 47.9 Å². The van der Waals surface area contributed by atoms with Gasteiger partial charge in [-0.3, -0.25) is 0 Å². The van der Waals surface area contributed by atoms with Gasteiger partial charge in [-0.25, -0.2) is 0 Å². The maximum Gasteiger partial charge on any atom is 0.0375 e. The number of azide groups is 2. The summed E-state index contributed by atoms with van der Waals surface area (Å²) in [7, 11) is 0. The summed E-state index contributed by atoms with van der Waals surface area (Å²) in [6.45, 7) is 0. The van der Waals surface area contributed by atoms with Crippen LogP contribution in [0.1, 0.15) is 36.8 Å². The van der Waals surface area contributed by atoms with Gasteiger partial charge in [0.2, 0.25) is 0 Å². The minimum atomic E-state index is 0.628. The average Bonchev–Trinajstić information content (AvgIpc) is 2.66. The molecule has 0 atom stereocenters. The van der Waals surface area contributed by atoms with Crippen LogP contribution in [0.3, 0.4) is 0 Å². The van der Waals surface area contributed by atoms with Gasteiger partial charge in [0.05, 0.1) is 0 Å². The Labute approximate surface area is 151 Å². The predicted molar refractivity (Wildman–Crippen MR) is 105 cm³/mol. The summed E-state index contributed by atoms with van der Waals surface area (Å²) < 4.78 is 0. The standard InChI is InChI=1S/C20H18N6/c21-25-23-19-8-4-15(5-9-19)12-17-2-1-3-18(14-17)13-16-6-10-20(11-7-16)24-26-22/h4-13H,1-3,14H2. The van der Waals surface area contributed by atoms with Gasteiger partial charge in [0, 0.05) is 21.2 Å². The Balaban J connectivity index is 1.73.